The minimum atomic E-state index is -4.50. The van der Waals surface area contributed by atoms with Crippen molar-refractivity contribution in [2.45, 2.75) is 12.7 Å². The molecule has 0 aliphatic heterocycles. The number of nitrogens with one attached hydrogen (secondary N) is 1. The number of carbonyl (C=O) groups excluding carboxylic acids is 1. The van der Waals surface area contributed by atoms with Crippen LogP contribution in [0.25, 0.3) is 0 Å². The molecule has 0 spiro atoms. The normalized spacial score (nSPS) is 11.1. The van der Waals surface area contributed by atoms with Crippen molar-refractivity contribution in [3.63, 3.8) is 0 Å². The molecule has 0 radical (unpaired) electrons. The Bertz CT molecular complexity index is 443. The van der Waals surface area contributed by atoms with Crippen LogP contribution in [0.5, 0.6) is 0 Å². The van der Waals surface area contributed by atoms with Crippen LogP contribution in [0.15, 0.2) is 30.9 Å². The number of hydrogen-bond donors (Lipinski definition) is 1. The zero-order chi connectivity index (χ0) is 13.1. The SMILES string of the molecule is C=CC(=O)NCc1ccc(Cl)c(C(F)(F)F)c1. The fourth-order valence-corrected chi connectivity index (χ4v) is 1.39. The number of hydrogen-bond acceptors (Lipinski definition) is 1. The first-order valence-electron chi connectivity index (χ1n) is 4.60. The molecule has 0 fully saturated rings. The van der Waals surface area contributed by atoms with Crippen molar-refractivity contribution in [3.05, 3.63) is 47.0 Å². The molecule has 0 unspecified atom stereocenters. The van der Waals surface area contributed by atoms with Gasteiger partial charge in [-0.3, -0.25) is 4.79 Å². The van der Waals surface area contributed by atoms with Crippen molar-refractivity contribution >= 4 is 17.5 Å². The molecule has 0 heterocycles. The van der Waals surface area contributed by atoms with Crippen LogP contribution < -0.4 is 5.32 Å². The lowest BCUT2D eigenvalue weighted by atomic mass is 10.1. The maximum Gasteiger partial charge on any atom is 0.417 e. The largest absolute Gasteiger partial charge is 0.417 e. The summed E-state index contributed by atoms with van der Waals surface area (Å²) in [6, 6.07) is 3.48. The van der Waals surface area contributed by atoms with Crippen LogP contribution in [-0.2, 0) is 17.5 Å². The summed E-state index contributed by atoms with van der Waals surface area (Å²) in [5.41, 5.74) is -0.596. The lowest BCUT2D eigenvalue weighted by Gasteiger charge is -2.11. The highest BCUT2D eigenvalue weighted by Crippen LogP contribution is 2.35. The Morgan fingerprint density at radius 1 is 1.47 bits per heavy atom. The summed E-state index contributed by atoms with van der Waals surface area (Å²) >= 11 is 5.45. The molecule has 2 nitrogen and oxygen atoms in total. The number of rotatable bonds is 3. The van der Waals surface area contributed by atoms with Gasteiger partial charge in [0.15, 0.2) is 0 Å². The van der Waals surface area contributed by atoms with Gasteiger partial charge in [0.2, 0.25) is 5.91 Å². The van der Waals surface area contributed by atoms with Gasteiger partial charge in [0.25, 0.3) is 0 Å². The van der Waals surface area contributed by atoms with Crippen LogP contribution >= 0.6 is 11.6 Å². The monoisotopic (exact) mass is 263 g/mol. The van der Waals surface area contributed by atoms with Gasteiger partial charge >= 0.3 is 6.18 Å². The number of carbonyl (C=O) groups is 1. The Morgan fingerprint density at radius 3 is 2.65 bits per heavy atom. The van der Waals surface area contributed by atoms with Crippen molar-refractivity contribution < 1.29 is 18.0 Å². The molecule has 0 aliphatic carbocycles. The van der Waals surface area contributed by atoms with E-state index in [0.717, 1.165) is 18.2 Å². The Labute approximate surface area is 101 Å². The van der Waals surface area contributed by atoms with Gasteiger partial charge in [-0.25, -0.2) is 0 Å². The highest BCUT2D eigenvalue weighted by atomic mass is 35.5. The summed E-state index contributed by atoms with van der Waals surface area (Å²) in [5.74, 6) is -0.450. The van der Waals surface area contributed by atoms with Gasteiger partial charge in [-0.2, -0.15) is 13.2 Å². The summed E-state index contributed by atoms with van der Waals surface area (Å²) in [4.78, 5) is 10.9. The number of amides is 1. The highest BCUT2D eigenvalue weighted by Gasteiger charge is 2.33. The smallest absolute Gasteiger partial charge is 0.348 e. The molecule has 0 atom stereocenters. The van der Waals surface area contributed by atoms with Crippen molar-refractivity contribution in [1.82, 2.24) is 5.32 Å². The van der Waals surface area contributed by atoms with Gasteiger partial charge in [-0.15, -0.1) is 0 Å². The molecule has 1 amide bonds. The van der Waals surface area contributed by atoms with E-state index in [1.54, 1.807) is 0 Å². The van der Waals surface area contributed by atoms with Gasteiger partial charge in [0.05, 0.1) is 10.6 Å². The summed E-state index contributed by atoms with van der Waals surface area (Å²) in [5, 5.41) is 2.01. The molecule has 0 saturated heterocycles. The zero-order valence-corrected chi connectivity index (χ0v) is 9.40. The minimum absolute atomic E-state index is 0.00883. The molecule has 0 aromatic heterocycles. The fourth-order valence-electron chi connectivity index (χ4n) is 1.16. The average Bonchev–Trinajstić information content (AvgIpc) is 2.26. The molecular formula is C11H9ClF3NO. The second kappa shape index (κ2) is 5.23. The molecule has 92 valence electrons. The van der Waals surface area contributed by atoms with Gasteiger partial charge < -0.3 is 5.32 Å². The van der Waals surface area contributed by atoms with Crippen LogP contribution in [0.1, 0.15) is 11.1 Å². The van der Waals surface area contributed by atoms with Crippen LogP contribution in [0.2, 0.25) is 5.02 Å². The quantitative estimate of drug-likeness (QED) is 0.834. The van der Waals surface area contributed by atoms with E-state index in [0.29, 0.717) is 5.56 Å². The van der Waals surface area contributed by atoms with Crippen molar-refractivity contribution in [3.8, 4) is 0 Å². The van der Waals surface area contributed by atoms with Crippen LogP contribution in [-0.4, -0.2) is 5.91 Å². The Balaban J connectivity index is 2.89. The predicted molar refractivity (Wildman–Crippen MR) is 58.5 cm³/mol. The number of halogens is 4. The topological polar surface area (TPSA) is 29.1 Å². The van der Waals surface area contributed by atoms with Crippen LogP contribution in [0.4, 0.5) is 13.2 Å². The third-order valence-electron chi connectivity index (χ3n) is 1.99. The van der Waals surface area contributed by atoms with Gasteiger partial charge in [-0.05, 0) is 23.8 Å². The Kier molecular flexibility index (Phi) is 4.17. The molecule has 1 aromatic rings. The third-order valence-corrected chi connectivity index (χ3v) is 2.32. The molecule has 6 heteroatoms. The van der Waals surface area contributed by atoms with Crippen molar-refractivity contribution in [2.75, 3.05) is 0 Å². The maximum atomic E-state index is 12.5. The molecule has 17 heavy (non-hydrogen) atoms. The van der Waals surface area contributed by atoms with Crippen LogP contribution in [0.3, 0.4) is 0 Å². The second-order valence-corrected chi connectivity index (χ2v) is 3.64. The molecule has 1 aromatic carbocycles. The Morgan fingerprint density at radius 2 is 2.12 bits per heavy atom. The second-order valence-electron chi connectivity index (χ2n) is 3.23. The van der Waals surface area contributed by atoms with E-state index in [1.165, 1.54) is 6.07 Å². The zero-order valence-electron chi connectivity index (χ0n) is 8.64. The number of alkyl halides is 3. The Hall–Kier alpha value is -1.49. The third kappa shape index (κ3) is 3.78. The molecule has 0 saturated carbocycles. The van der Waals surface area contributed by atoms with Gasteiger partial charge in [0, 0.05) is 6.54 Å². The first-order valence-corrected chi connectivity index (χ1v) is 4.98. The molecule has 1 N–H and O–H groups in total. The first kappa shape index (κ1) is 13.6. The van der Waals surface area contributed by atoms with E-state index in [9.17, 15) is 18.0 Å². The number of benzene rings is 1. The summed E-state index contributed by atoms with van der Waals surface area (Å²) in [6.07, 6.45) is -3.46. The summed E-state index contributed by atoms with van der Waals surface area (Å²) in [7, 11) is 0. The molecular weight excluding hydrogens is 255 g/mol. The lowest BCUT2D eigenvalue weighted by molar-refractivity contribution is -0.137. The van der Waals surface area contributed by atoms with Gasteiger partial charge in [0.1, 0.15) is 0 Å². The first-order chi connectivity index (χ1) is 7.84. The molecule has 0 bridgehead atoms. The van der Waals surface area contributed by atoms with Crippen molar-refractivity contribution in [1.29, 1.82) is 0 Å². The fraction of sp³-hybridized carbons (Fsp3) is 0.182. The van der Waals surface area contributed by atoms with E-state index in [1.807, 2.05) is 0 Å². The maximum absolute atomic E-state index is 12.5. The van der Waals surface area contributed by atoms with E-state index < -0.39 is 17.6 Å². The van der Waals surface area contributed by atoms with E-state index in [2.05, 4.69) is 11.9 Å². The van der Waals surface area contributed by atoms with Crippen LogP contribution in [0, 0.1) is 0 Å². The predicted octanol–water partition coefficient (Wildman–Crippen LogP) is 3.16. The molecule has 1 rings (SSSR count). The van der Waals surface area contributed by atoms with Crippen molar-refractivity contribution in [2.24, 2.45) is 0 Å². The van der Waals surface area contributed by atoms with E-state index in [-0.39, 0.29) is 11.6 Å². The van der Waals surface area contributed by atoms with E-state index >= 15 is 0 Å². The lowest BCUT2D eigenvalue weighted by Crippen LogP contribution is -2.20. The van der Waals surface area contributed by atoms with E-state index in [4.69, 9.17) is 11.6 Å². The molecule has 0 aliphatic rings. The average molecular weight is 264 g/mol. The highest BCUT2D eigenvalue weighted by molar-refractivity contribution is 6.31. The minimum Gasteiger partial charge on any atom is -0.348 e. The van der Waals surface area contributed by atoms with Gasteiger partial charge in [-0.1, -0.05) is 24.2 Å². The summed E-state index contributed by atoms with van der Waals surface area (Å²) < 4.78 is 37.5. The summed E-state index contributed by atoms with van der Waals surface area (Å²) in [6.45, 7) is 3.22. The standard InChI is InChI=1S/C11H9ClF3NO/c1-2-10(17)16-6-7-3-4-9(12)8(5-7)11(13,14)15/h2-5H,1,6H2,(H,16,17).